The summed E-state index contributed by atoms with van der Waals surface area (Å²) in [5.74, 6) is -0.187. The molecule has 7 heteroatoms. The highest BCUT2D eigenvalue weighted by atomic mass is 32.1. The molecule has 1 aliphatic heterocycles. The molecule has 0 bridgehead atoms. The van der Waals surface area contributed by atoms with Gasteiger partial charge in [0, 0.05) is 42.5 Å². The SMILES string of the molecule is O=C(Nc1nc2c(s1)CN(Cc1ccccc1)CC2)c1cc(-c2ccccn2)nc2ccccc12. The Morgan fingerprint density at radius 2 is 1.77 bits per heavy atom. The van der Waals surface area contributed by atoms with E-state index >= 15 is 0 Å². The first-order chi connectivity index (χ1) is 17.2. The van der Waals surface area contributed by atoms with Crippen LogP contribution in [0, 0.1) is 0 Å². The highest BCUT2D eigenvalue weighted by molar-refractivity contribution is 7.15. The van der Waals surface area contributed by atoms with Crippen LogP contribution in [0.1, 0.15) is 26.5 Å². The van der Waals surface area contributed by atoms with Crippen molar-refractivity contribution in [2.24, 2.45) is 0 Å². The minimum absolute atomic E-state index is 0.187. The normalized spacial score (nSPS) is 13.5. The van der Waals surface area contributed by atoms with Crippen molar-refractivity contribution in [2.45, 2.75) is 19.5 Å². The van der Waals surface area contributed by atoms with Crippen LogP contribution < -0.4 is 5.32 Å². The number of fused-ring (bicyclic) bond motifs is 2. The molecule has 1 N–H and O–H groups in total. The fraction of sp³-hybridized carbons (Fsp3) is 0.143. The second-order valence-electron chi connectivity index (χ2n) is 8.58. The molecular formula is C28H23N5OS. The molecule has 0 saturated carbocycles. The number of rotatable bonds is 5. The van der Waals surface area contributed by atoms with E-state index in [4.69, 9.17) is 9.97 Å². The van der Waals surface area contributed by atoms with Gasteiger partial charge in [-0.15, -0.1) is 11.3 Å². The molecule has 6 rings (SSSR count). The second-order valence-corrected chi connectivity index (χ2v) is 9.66. The van der Waals surface area contributed by atoms with Gasteiger partial charge < -0.3 is 0 Å². The van der Waals surface area contributed by atoms with Gasteiger partial charge in [0.25, 0.3) is 5.91 Å². The first-order valence-corrected chi connectivity index (χ1v) is 12.4. The van der Waals surface area contributed by atoms with Gasteiger partial charge in [0.1, 0.15) is 0 Å². The number of amides is 1. The zero-order valence-corrected chi connectivity index (χ0v) is 19.8. The van der Waals surface area contributed by atoms with Crippen molar-refractivity contribution in [1.82, 2.24) is 19.9 Å². The number of anilines is 1. The first kappa shape index (κ1) is 21.6. The van der Waals surface area contributed by atoms with E-state index in [0.717, 1.165) is 48.3 Å². The van der Waals surface area contributed by atoms with Crippen molar-refractivity contribution in [3.8, 4) is 11.4 Å². The molecule has 0 atom stereocenters. The zero-order valence-electron chi connectivity index (χ0n) is 19.0. The van der Waals surface area contributed by atoms with Gasteiger partial charge in [0.05, 0.1) is 28.2 Å². The standard InChI is InChI=1S/C28H23N5OS/c34-27(21-16-25(23-12-6-7-14-29-23)30-22-11-5-4-10-20(21)22)32-28-31-24-13-15-33(18-26(24)35-28)17-19-8-2-1-3-9-19/h1-12,14,16H,13,15,17-18H2,(H,31,32,34). The van der Waals surface area contributed by atoms with E-state index in [2.05, 4.69) is 39.5 Å². The number of pyridine rings is 2. The Balaban J connectivity index is 1.25. The zero-order chi connectivity index (χ0) is 23.6. The van der Waals surface area contributed by atoms with Crippen LogP contribution in [0.15, 0.2) is 85.1 Å². The molecule has 0 spiro atoms. The van der Waals surface area contributed by atoms with Crippen LogP contribution in [0.2, 0.25) is 0 Å². The number of hydrogen-bond acceptors (Lipinski definition) is 6. The van der Waals surface area contributed by atoms with Crippen LogP contribution in [-0.2, 0) is 19.5 Å². The fourth-order valence-electron chi connectivity index (χ4n) is 4.45. The maximum atomic E-state index is 13.4. The highest BCUT2D eigenvalue weighted by Crippen LogP contribution is 2.30. The first-order valence-electron chi connectivity index (χ1n) is 11.6. The van der Waals surface area contributed by atoms with E-state index in [9.17, 15) is 4.79 Å². The van der Waals surface area contributed by atoms with Crippen molar-refractivity contribution in [3.05, 3.63) is 107 Å². The van der Waals surface area contributed by atoms with E-state index in [1.54, 1.807) is 17.5 Å². The lowest BCUT2D eigenvalue weighted by Crippen LogP contribution is -2.29. The molecule has 1 aliphatic rings. The van der Waals surface area contributed by atoms with E-state index in [1.165, 1.54) is 10.4 Å². The second kappa shape index (κ2) is 9.37. The third-order valence-electron chi connectivity index (χ3n) is 6.17. The minimum atomic E-state index is -0.187. The summed E-state index contributed by atoms with van der Waals surface area (Å²) in [5, 5.41) is 4.50. The molecule has 0 saturated heterocycles. The van der Waals surface area contributed by atoms with Crippen molar-refractivity contribution >= 4 is 33.3 Å². The van der Waals surface area contributed by atoms with Gasteiger partial charge in [0.15, 0.2) is 5.13 Å². The predicted octanol–water partition coefficient (Wildman–Crippen LogP) is 5.56. The number of benzene rings is 2. The van der Waals surface area contributed by atoms with Gasteiger partial charge in [-0.05, 0) is 29.8 Å². The molecule has 0 fully saturated rings. The Hall–Kier alpha value is -3.94. The van der Waals surface area contributed by atoms with Crippen molar-refractivity contribution in [2.75, 3.05) is 11.9 Å². The number of nitrogens with zero attached hydrogens (tertiary/aromatic N) is 4. The Bertz CT molecular complexity index is 1500. The molecule has 0 unspecified atom stereocenters. The number of para-hydroxylation sites is 1. The van der Waals surface area contributed by atoms with Crippen LogP contribution in [0.3, 0.4) is 0 Å². The molecule has 2 aromatic carbocycles. The molecule has 6 nitrogen and oxygen atoms in total. The van der Waals surface area contributed by atoms with E-state index < -0.39 is 0 Å². The minimum Gasteiger partial charge on any atom is -0.298 e. The number of nitrogens with one attached hydrogen (secondary N) is 1. The van der Waals surface area contributed by atoms with Gasteiger partial charge in [-0.25, -0.2) is 9.97 Å². The molecule has 35 heavy (non-hydrogen) atoms. The van der Waals surface area contributed by atoms with Crippen LogP contribution in [0.4, 0.5) is 5.13 Å². The average Bonchev–Trinajstić information content (AvgIpc) is 3.30. The Morgan fingerprint density at radius 1 is 0.943 bits per heavy atom. The lowest BCUT2D eigenvalue weighted by molar-refractivity contribution is 0.102. The Labute approximate surface area is 207 Å². The quantitative estimate of drug-likeness (QED) is 0.359. The molecule has 3 aromatic heterocycles. The van der Waals surface area contributed by atoms with Gasteiger partial charge in [-0.2, -0.15) is 0 Å². The Kier molecular flexibility index (Phi) is 5.78. The topological polar surface area (TPSA) is 71.0 Å². The van der Waals surface area contributed by atoms with Crippen LogP contribution in [0.25, 0.3) is 22.3 Å². The van der Waals surface area contributed by atoms with E-state index in [1.807, 2.05) is 54.6 Å². The summed E-state index contributed by atoms with van der Waals surface area (Å²) >= 11 is 1.57. The summed E-state index contributed by atoms with van der Waals surface area (Å²) in [4.78, 5) is 31.0. The third kappa shape index (κ3) is 4.56. The van der Waals surface area contributed by atoms with Gasteiger partial charge in [-0.1, -0.05) is 54.6 Å². The summed E-state index contributed by atoms with van der Waals surface area (Å²) in [5.41, 5.74) is 5.12. The lowest BCUT2D eigenvalue weighted by atomic mass is 10.1. The maximum Gasteiger partial charge on any atom is 0.258 e. The fourth-order valence-corrected chi connectivity index (χ4v) is 5.50. The van der Waals surface area contributed by atoms with Gasteiger partial charge in [0.2, 0.25) is 0 Å². The van der Waals surface area contributed by atoms with Crippen molar-refractivity contribution in [1.29, 1.82) is 0 Å². The molecule has 0 aliphatic carbocycles. The summed E-state index contributed by atoms with van der Waals surface area (Å²) in [6, 6.07) is 25.7. The molecule has 4 heterocycles. The van der Waals surface area contributed by atoms with Gasteiger partial charge in [-0.3, -0.25) is 20.0 Å². The maximum absolute atomic E-state index is 13.4. The molecule has 5 aromatic rings. The summed E-state index contributed by atoms with van der Waals surface area (Å²) in [6.07, 6.45) is 2.61. The summed E-state index contributed by atoms with van der Waals surface area (Å²) in [6.45, 7) is 2.72. The number of aromatic nitrogens is 3. The largest absolute Gasteiger partial charge is 0.298 e. The highest BCUT2D eigenvalue weighted by Gasteiger charge is 2.22. The molecule has 172 valence electrons. The van der Waals surface area contributed by atoms with E-state index in [0.29, 0.717) is 16.4 Å². The third-order valence-corrected chi connectivity index (χ3v) is 7.17. The summed E-state index contributed by atoms with van der Waals surface area (Å²) in [7, 11) is 0. The van der Waals surface area contributed by atoms with Crippen molar-refractivity contribution in [3.63, 3.8) is 0 Å². The number of carbonyl (C=O) groups is 1. The monoisotopic (exact) mass is 477 g/mol. The van der Waals surface area contributed by atoms with Crippen molar-refractivity contribution < 1.29 is 4.79 Å². The van der Waals surface area contributed by atoms with Crippen LogP contribution in [-0.4, -0.2) is 32.3 Å². The molecule has 1 amide bonds. The smallest absolute Gasteiger partial charge is 0.258 e. The number of carbonyl (C=O) groups excluding carboxylic acids is 1. The predicted molar refractivity (Wildman–Crippen MR) is 139 cm³/mol. The molecule has 0 radical (unpaired) electrons. The van der Waals surface area contributed by atoms with Crippen LogP contribution >= 0.6 is 11.3 Å². The average molecular weight is 478 g/mol. The Morgan fingerprint density at radius 3 is 2.63 bits per heavy atom. The number of hydrogen-bond donors (Lipinski definition) is 1. The summed E-state index contributed by atoms with van der Waals surface area (Å²) < 4.78 is 0. The van der Waals surface area contributed by atoms with Gasteiger partial charge >= 0.3 is 0 Å². The van der Waals surface area contributed by atoms with E-state index in [-0.39, 0.29) is 5.91 Å². The lowest BCUT2D eigenvalue weighted by Gasteiger charge is -2.25. The van der Waals surface area contributed by atoms with Crippen LogP contribution in [0.5, 0.6) is 0 Å². The number of thiazole rings is 1. The molecular weight excluding hydrogens is 454 g/mol.